The van der Waals surface area contributed by atoms with Crippen molar-refractivity contribution in [2.24, 2.45) is 0 Å². The van der Waals surface area contributed by atoms with Gasteiger partial charge < -0.3 is 19.3 Å². The van der Waals surface area contributed by atoms with Gasteiger partial charge >= 0.3 is 0 Å². The van der Waals surface area contributed by atoms with Crippen LogP contribution in [0.3, 0.4) is 0 Å². The van der Waals surface area contributed by atoms with Crippen molar-refractivity contribution in [2.75, 3.05) is 25.6 Å². The van der Waals surface area contributed by atoms with E-state index in [0.29, 0.717) is 52.8 Å². The highest BCUT2D eigenvalue weighted by atomic mass is 32.1. The zero-order chi connectivity index (χ0) is 21.1. The first-order valence-corrected chi connectivity index (χ1v) is 10.1. The summed E-state index contributed by atoms with van der Waals surface area (Å²) in [4.78, 5) is 24.1. The number of ether oxygens (including phenoxy) is 2. The molecule has 0 saturated heterocycles. The average Bonchev–Trinajstić information content (AvgIpc) is 3.34. The molecule has 1 amide bonds. The van der Waals surface area contributed by atoms with Gasteiger partial charge in [-0.1, -0.05) is 5.16 Å². The number of methoxy groups -OCH3 is 1. The highest BCUT2D eigenvalue weighted by Gasteiger charge is 2.21. The topological polar surface area (TPSA) is 99.4 Å². The van der Waals surface area contributed by atoms with Gasteiger partial charge in [-0.25, -0.2) is 9.97 Å². The Kier molecular flexibility index (Phi) is 5.73. The summed E-state index contributed by atoms with van der Waals surface area (Å²) < 4.78 is 16.0. The fourth-order valence-electron chi connectivity index (χ4n) is 2.98. The minimum Gasteiger partial charge on any atom is -0.474 e. The molecular formula is C21H20N4O4S. The van der Waals surface area contributed by atoms with Gasteiger partial charge in [0.15, 0.2) is 0 Å². The second-order valence-corrected chi connectivity index (χ2v) is 7.85. The molecule has 0 fully saturated rings. The van der Waals surface area contributed by atoms with Crippen LogP contribution in [-0.2, 0) is 4.74 Å². The maximum Gasteiger partial charge on any atom is 0.259 e. The predicted molar refractivity (Wildman–Crippen MR) is 114 cm³/mol. The minimum absolute atomic E-state index is 0.322. The molecule has 0 saturated carbocycles. The second kappa shape index (κ2) is 8.60. The number of nitrogens with one attached hydrogen (secondary N) is 1. The number of aryl methyl sites for hydroxylation is 2. The molecular weight excluding hydrogens is 404 g/mol. The Morgan fingerprint density at radius 1 is 1.23 bits per heavy atom. The largest absolute Gasteiger partial charge is 0.474 e. The van der Waals surface area contributed by atoms with E-state index in [1.54, 1.807) is 49.8 Å². The van der Waals surface area contributed by atoms with Crippen molar-refractivity contribution in [3.05, 3.63) is 52.7 Å². The van der Waals surface area contributed by atoms with E-state index >= 15 is 0 Å². The van der Waals surface area contributed by atoms with E-state index in [0.717, 1.165) is 9.75 Å². The van der Waals surface area contributed by atoms with Crippen molar-refractivity contribution in [3.63, 3.8) is 0 Å². The molecule has 0 unspecified atom stereocenters. The Morgan fingerprint density at radius 3 is 2.87 bits per heavy atom. The maximum absolute atomic E-state index is 13.2. The van der Waals surface area contributed by atoms with Crippen LogP contribution in [-0.4, -0.2) is 41.4 Å². The van der Waals surface area contributed by atoms with Gasteiger partial charge in [0.05, 0.1) is 33.8 Å². The van der Waals surface area contributed by atoms with Gasteiger partial charge in [-0.05, 0) is 44.2 Å². The molecule has 4 aromatic rings. The summed E-state index contributed by atoms with van der Waals surface area (Å²) in [6.07, 6.45) is 1.60. The number of carbonyl (C=O) groups is 1. The third-order valence-corrected chi connectivity index (χ3v) is 5.42. The molecule has 4 aromatic heterocycles. The number of rotatable bonds is 7. The summed E-state index contributed by atoms with van der Waals surface area (Å²) in [5.41, 5.74) is 2.46. The third-order valence-electron chi connectivity index (χ3n) is 4.40. The smallest absolute Gasteiger partial charge is 0.259 e. The Labute approximate surface area is 176 Å². The SMILES string of the molecule is COCCOc1ncccc1NC(=O)c1cc(-c2ccc(C)s2)nc2onc(C)c12. The molecule has 0 radical (unpaired) electrons. The van der Waals surface area contributed by atoms with E-state index in [9.17, 15) is 4.79 Å². The molecule has 30 heavy (non-hydrogen) atoms. The van der Waals surface area contributed by atoms with Crippen LogP contribution in [0.4, 0.5) is 5.69 Å². The van der Waals surface area contributed by atoms with Gasteiger partial charge in [-0.3, -0.25) is 4.79 Å². The zero-order valence-corrected chi connectivity index (χ0v) is 17.6. The van der Waals surface area contributed by atoms with Crippen molar-refractivity contribution in [2.45, 2.75) is 13.8 Å². The van der Waals surface area contributed by atoms with Gasteiger partial charge in [0, 0.05) is 18.2 Å². The molecule has 0 aliphatic carbocycles. The lowest BCUT2D eigenvalue weighted by molar-refractivity contribution is 0.102. The number of hydrogen-bond donors (Lipinski definition) is 1. The number of hydrogen-bond acceptors (Lipinski definition) is 8. The lowest BCUT2D eigenvalue weighted by atomic mass is 10.1. The molecule has 0 spiro atoms. The van der Waals surface area contributed by atoms with Crippen molar-refractivity contribution >= 4 is 34.0 Å². The molecule has 154 valence electrons. The summed E-state index contributed by atoms with van der Waals surface area (Å²) >= 11 is 1.60. The van der Waals surface area contributed by atoms with Gasteiger partial charge in [0.1, 0.15) is 12.3 Å². The Balaban J connectivity index is 1.71. The van der Waals surface area contributed by atoms with E-state index in [1.165, 1.54) is 0 Å². The molecule has 8 nitrogen and oxygen atoms in total. The molecule has 4 rings (SSSR count). The van der Waals surface area contributed by atoms with Crippen LogP contribution in [0.25, 0.3) is 21.7 Å². The van der Waals surface area contributed by atoms with E-state index < -0.39 is 0 Å². The summed E-state index contributed by atoms with van der Waals surface area (Å²) in [6, 6.07) is 9.20. The lowest BCUT2D eigenvalue weighted by Crippen LogP contribution is -2.15. The number of nitrogens with zero attached hydrogens (tertiary/aromatic N) is 3. The fourth-order valence-corrected chi connectivity index (χ4v) is 3.81. The number of thiophene rings is 1. The van der Waals surface area contributed by atoms with Crippen molar-refractivity contribution in [1.29, 1.82) is 0 Å². The van der Waals surface area contributed by atoms with E-state index in [4.69, 9.17) is 14.0 Å². The lowest BCUT2D eigenvalue weighted by Gasteiger charge is -2.12. The molecule has 0 aromatic carbocycles. The van der Waals surface area contributed by atoms with Crippen LogP contribution >= 0.6 is 11.3 Å². The van der Waals surface area contributed by atoms with Crippen LogP contribution in [0.15, 0.2) is 41.1 Å². The number of anilines is 1. The first-order chi connectivity index (χ1) is 14.6. The highest BCUT2D eigenvalue weighted by molar-refractivity contribution is 7.15. The fraction of sp³-hybridized carbons (Fsp3) is 0.238. The van der Waals surface area contributed by atoms with Crippen LogP contribution in [0, 0.1) is 13.8 Å². The van der Waals surface area contributed by atoms with Crippen molar-refractivity contribution in [1.82, 2.24) is 15.1 Å². The molecule has 0 bridgehead atoms. The minimum atomic E-state index is -0.326. The monoisotopic (exact) mass is 424 g/mol. The van der Waals surface area contributed by atoms with Crippen LogP contribution < -0.4 is 10.1 Å². The van der Waals surface area contributed by atoms with Crippen LogP contribution in [0.1, 0.15) is 20.9 Å². The summed E-state index contributed by atoms with van der Waals surface area (Å²) in [6.45, 7) is 4.54. The van der Waals surface area contributed by atoms with E-state index in [2.05, 4.69) is 20.4 Å². The van der Waals surface area contributed by atoms with Gasteiger partial charge in [-0.2, -0.15) is 0 Å². The number of pyridine rings is 2. The van der Waals surface area contributed by atoms with Crippen molar-refractivity contribution < 1.29 is 18.8 Å². The summed E-state index contributed by atoms with van der Waals surface area (Å²) in [7, 11) is 1.59. The summed E-state index contributed by atoms with van der Waals surface area (Å²) in [5, 5.41) is 7.45. The second-order valence-electron chi connectivity index (χ2n) is 6.56. The summed E-state index contributed by atoms with van der Waals surface area (Å²) in [5.74, 6) is -0.00262. The van der Waals surface area contributed by atoms with Gasteiger partial charge in [-0.15, -0.1) is 11.3 Å². The van der Waals surface area contributed by atoms with E-state index in [-0.39, 0.29) is 5.91 Å². The average molecular weight is 424 g/mol. The molecule has 0 aliphatic heterocycles. The number of aromatic nitrogens is 3. The number of amides is 1. The van der Waals surface area contributed by atoms with Gasteiger partial charge in [0.25, 0.3) is 11.6 Å². The molecule has 0 aliphatic rings. The Hall–Kier alpha value is -3.30. The predicted octanol–water partition coefficient (Wildman–Crippen LogP) is 4.24. The van der Waals surface area contributed by atoms with E-state index in [1.807, 2.05) is 19.1 Å². The molecule has 9 heteroatoms. The molecule has 0 atom stereocenters. The number of fused-ring (bicyclic) bond motifs is 1. The Morgan fingerprint density at radius 2 is 2.10 bits per heavy atom. The third kappa shape index (κ3) is 4.03. The quantitative estimate of drug-likeness (QED) is 0.443. The Bertz CT molecular complexity index is 1200. The molecule has 4 heterocycles. The highest BCUT2D eigenvalue weighted by Crippen LogP contribution is 2.32. The molecule has 1 N–H and O–H groups in total. The van der Waals surface area contributed by atoms with Crippen LogP contribution in [0.2, 0.25) is 0 Å². The number of carbonyl (C=O) groups excluding carboxylic acids is 1. The first-order valence-electron chi connectivity index (χ1n) is 9.28. The van der Waals surface area contributed by atoms with Crippen molar-refractivity contribution in [3.8, 4) is 16.5 Å². The normalized spacial score (nSPS) is 11.0. The maximum atomic E-state index is 13.2. The standard InChI is InChI=1S/C21H20N4O4S/c1-12-6-7-17(30-12)16-11-14(18-13(2)25-29-21(18)24-16)19(26)23-15-5-4-8-22-20(15)28-10-9-27-3/h4-8,11H,9-10H2,1-3H3,(H,23,26). The first kappa shape index (κ1) is 20.0. The van der Waals surface area contributed by atoms with Gasteiger partial charge in [0.2, 0.25) is 5.88 Å². The zero-order valence-electron chi connectivity index (χ0n) is 16.8. The van der Waals surface area contributed by atoms with Crippen LogP contribution in [0.5, 0.6) is 5.88 Å².